The van der Waals surface area contributed by atoms with E-state index in [9.17, 15) is 0 Å². The third-order valence-electron chi connectivity index (χ3n) is 10.3. The first-order chi connectivity index (χ1) is 25.2. The van der Waals surface area contributed by atoms with Crippen molar-refractivity contribution in [2.24, 2.45) is 0 Å². The minimum atomic E-state index is 0.895. The average molecular weight is 653 g/mol. The van der Waals surface area contributed by atoms with E-state index in [1.165, 1.54) is 0 Å². The van der Waals surface area contributed by atoms with Gasteiger partial charge in [0.1, 0.15) is 22.3 Å². The second-order valence-electron chi connectivity index (χ2n) is 13.2. The first-order valence-electron chi connectivity index (χ1n) is 17.2. The van der Waals surface area contributed by atoms with Gasteiger partial charge < -0.3 is 13.7 Å². The lowest BCUT2D eigenvalue weighted by atomic mass is 10.0. The van der Waals surface area contributed by atoms with Crippen molar-refractivity contribution < 1.29 is 8.83 Å². The highest BCUT2D eigenvalue weighted by Gasteiger charge is 2.18. The fourth-order valence-electron chi connectivity index (χ4n) is 7.76. The highest BCUT2D eigenvalue weighted by atomic mass is 16.3. The van der Waals surface area contributed by atoms with E-state index in [-0.39, 0.29) is 0 Å². The van der Waals surface area contributed by atoms with E-state index in [0.717, 1.165) is 105 Å². The molecule has 4 heteroatoms. The molecule has 0 radical (unpaired) electrons. The Kier molecular flexibility index (Phi) is 5.92. The largest absolute Gasteiger partial charge is 0.455 e. The Labute approximate surface area is 292 Å². The van der Waals surface area contributed by atoms with Crippen molar-refractivity contribution in [2.75, 3.05) is 4.90 Å². The van der Waals surface area contributed by atoms with Gasteiger partial charge >= 0.3 is 0 Å². The lowest BCUT2D eigenvalue weighted by molar-refractivity contribution is 0.672. The first kappa shape index (κ1) is 28.0. The summed E-state index contributed by atoms with van der Waals surface area (Å²) in [6.07, 6.45) is 1.84. The number of anilines is 3. The molecule has 0 fully saturated rings. The fraction of sp³-hybridized carbons (Fsp3) is 0. The highest BCUT2D eigenvalue weighted by molar-refractivity contribution is 6.17. The summed E-state index contributed by atoms with van der Waals surface area (Å²) in [5.41, 5.74) is 10.0. The number of para-hydroxylation sites is 2. The molecule has 0 aliphatic heterocycles. The van der Waals surface area contributed by atoms with Crippen molar-refractivity contribution >= 4 is 93.4 Å². The van der Waals surface area contributed by atoms with E-state index >= 15 is 0 Å². The van der Waals surface area contributed by atoms with Crippen LogP contribution in [0.2, 0.25) is 0 Å². The minimum Gasteiger partial charge on any atom is -0.455 e. The van der Waals surface area contributed by atoms with Crippen LogP contribution in [0.1, 0.15) is 0 Å². The zero-order chi connectivity index (χ0) is 33.5. The quantitative estimate of drug-likeness (QED) is 0.190. The molecule has 3 heterocycles. The zero-order valence-electron chi connectivity index (χ0n) is 27.4. The molecule has 0 bridgehead atoms. The van der Waals surface area contributed by atoms with Gasteiger partial charge in [0.05, 0.1) is 5.52 Å². The predicted molar refractivity (Wildman–Crippen MR) is 211 cm³/mol. The number of benzene rings is 8. The molecule has 0 atom stereocenters. The van der Waals surface area contributed by atoms with Gasteiger partial charge in [-0.15, -0.1) is 0 Å². The third kappa shape index (κ3) is 4.37. The molecule has 238 valence electrons. The number of hydrogen-bond donors (Lipinski definition) is 0. The van der Waals surface area contributed by atoms with E-state index in [4.69, 9.17) is 8.83 Å². The highest BCUT2D eigenvalue weighted by Crippen LogP contribution is 2.42. The van der Waals surface area contributed by atoms with Crippen LogP contribution in [0, 0.1) is 0 Å². The van der Waals surface area contributed by atoms with Gasteiger partial charge in [0.2, 0.25) is 0 Å². The van der Waals surface area contributed by atoms with Crippen molar-refractivity contribution in [3.63, 3.8) is 0 Å². The van der Waals surface area contributed by atoms with E-state index in [1.807, 2.05) is 36.5 Å². The molecule has 0 N–H and O–H groups in total. The number of nitrogens with zero attached hydrogens (tertiary/aromatic N) is 2. The van der Waals surface area contributed by atoms with Crippen LogP contribution >= 0.6 is 0 Å². The van der Waals surface area contributed by atoms with Crippen molar-refractivity contribution in [1.82, 2.24) is 4.98 Å². The second kappa shape index (κ2) is 10.8. The van der Waals surface area contributed by atoms with Crippen LogP contribution in [0.3, 0.4) is 0 Å². The van der Waals surface area contributed by atoms with Gasteiger partial charge in [-0.2, -0.15) is 0 Å². The monoisotopic (exact) mass is 652 g/mol. The molecule has 8 aromatic carbocycles. The molecule has 0 unspecified atom stereocenters. The van der Waals surface area contributed by atoms with E-state index in [2.05, 4.69) is 143 Å². The number of hydrogen-bond acceptors (Lipinski definition) is 4. The topological polar surface area (TPSA) is 42.4 Å². The number of furan rings is 2. The zero-order valence-corrected chi connectivity index (χ0v) is 27.4. The Bertz CT molecular complexity index is 3000. The van der Waals surface area contributed by atoms with Gasteiger partial charge in [-0.1, -0.05) is 84.9 Å². The van der Waals surface area contributed by atoms with Crippen LogP contribution in [0.25, 0.3) is 87.5 Å². The molecule has 3 aromatic heterocycles. The SMILES string of the molecule is c1cnc2ccc(-c3ccc(N(c4ccc5ccc6c7ccccc7oc6c5c4)c4ccc5ccc6c7ccccc7oc6c5c4)cc3)cc2c1. The van der Waals surface area contributed by atoms with Crippen LogP contribution in [0.4, 0.5) is 17.1 Å². The molecule has 0 spiro atoms. The average Bonchev–Trinajstić information content (AvgIpc) is 3.77. The lowest BCUT2D eigenvalue weighted by Crippen LogP contribution is -2.10. The summed E-state index contributed by atoms with van der Waals surface area (Å²) in [4.78, 5) is 6.84. The van der Waals surface area contributed by atoms with Crippen LogP contribution in [-0.2, 0) is 0 Å². The van der Waals surface area contributed by atoms with E-state index in [0.29, 0.717) is 0 Å². The lowest BCUT2D eigenvalue weighted by Gasteiger charge is -2.26. The molecule has 51 heavy (non-hydrogen) atoms. The van der Waals surface area contributed by atoms with E-state index in [1.54, 1.807) is 0 Å². The number of fused-ring (bicyclic) bond motifs is 11. The molecule has 0 amide bonds. The summed E-state index contributed by atoms with van der Waals surface area (Å²) < 4.78 is 13.0. The molecule has 0 saturated carbocycles. The van der Waals surface area contributed by atoms with Gasteiger partial charge in [0.15, 0.2) is 0 Å². The van der Waals surface area contributed by atoms with Gasteiger partial charge in [-0.25, -0.2) is 0 Å². The maximum atomic E-state index is 6.51. The number of aromatic nitrogens is 1. The molecule has 4 nitrogen and oxygen atoms in total. The van der Waals surface area contributed by atoms with Crippen LogP contribution in [-0.4, -0.2) is 4.98 Å². The molecule has 0 saturated heterocycles. The Hall–Kier alpha value is -6.91. The summed E-state index contributed by atoms with van der Waals surface area (Å²) in [7, 11) is 0. The summed E-state index contributed by atoms with van der Waals surface area (Å²) in [6, 6.07) is 57.9. The van der Waals surface area contributed by atoms with Crippen LogP contribution in [0.5, 0.6) is 0 Å². The maximum absolute atomic E-state index is 6.51. The normalized spacial score (nSPS) is 11.9. The molecule has 11 aromatic rings. The Morgan fingerprint density at radius 3 is 1.55 bits per heavy atom. The fourth-order valence-corrected chi connectivity index (χ4v) is 7.76. The van der Waals surface area contributed by atoms with Crippen molar-refractivity contribution in [3.8, 4) is 11.1 Å². The Morgan fingerprint density at radius 2 is 0.922 bits per heavy atom. The number of pyridine rings is 1. The molecular formula is C47H28N2O2. The van der Waals surface area contributed by atoms with Gasteiger partial charge in [-0.05, 0) is 101 Å². The summed E-state index contributed by atoms with van der Waals surface area (Å²) >= 11 is 0. The smallest absolute Gasteiger partial charge is 0.143 e. The molecule has 0 aliphatic carbocycles. The van der Waals surface area contributed by atoms with Crippen molar-refractivity contribution in [3.05, 3.63) is 170 Å². The van der Waals surface area contributed by atoms with Gasteiger partial charge in [-0.3, -0.25) is 4.98 Å². The van der Waals surface area contributed by atoms with Gasteiger partial charge in [0, 0.05) is 61.0 Å². The standard InChI is InChI=1S/C47H28N2O2/c1-3-9-44-37(7-1)39-22-15-30-13-20-35(27-41(30)46(39)50-44)49(34-18-11-29(12-19-34)32-17-24-43-33(26-32)6-5-25-48-43)36-21-14-31-16-23-40-38-8-2-4-10-45(38)51-47(40)42(31)28-36/h1-28H. The minimum absolute atomic E-state index is 0.895. The van der Waals surface area contributed by atoms with Gasteiger partial charge in [0.25, 0.3) is 0 Å². The van der Waals surface area contributed by atoms with Crippen LogP contribution in [0.15, 0.2) is 179 Å². The molecule has 11 rings (SSSR count). The van der Waals surface area contributed by atoms with Crippen molar-refractivity contribution in [2.45, 2.75) is 0 Å². The first-order valence-corrected chi connectivity index (χ1v) is 17.2. The van der Waals surface area contributed by atoms with Crippen LogP contribution < -0.4 is 4.90 Å². The molecule has 0 aliphatic rings. The second-order valence-corrected chi connectivity index (χ2v) is 13.2. The maximum Gasteiger partial charge on any atom is 0.143 e. The van der Waals surface area contributed by atoms with E-state index < -0.39 is 0 Å². The Morgan fingerprint density at radius 1 is 0.373 bits per heavy atom. The summed E-state index contributed by atoms with van der Waals surface area (Å²) in [6.45, 7) is 0. The van der Waals surface area contributed by atoms with Crippen molar-refractivity contribution in [1.29, 1.82) is 0 Å². The molecular weight excluding hydrogens is 625 g/mol. The third-order valence-corrected chi connectivity index (χ3v) is 10.3. The Balaban J connectivity index is 1.12. The summed E-state index contributed by atoms with van der Waals surface area (Å²) in [5, 5.41) is 10.0. The predicted octanol–water partition coefficient (Wildman–Crippen LogP) is 13.5. The number of rotatable bonds is 4. The summed E-state index contributed by atoms with van der Waals surface area (Å²) in [5.74, 6) is 0.